The smallest absolute Gasteiger partial charge is 0.193 e. The number of aliphatic imine (C=N–C) groups is 1. The lowest BCUT2D eigenvalue weighted by Crippen LogP contribution is -2.40. The molecule has 2 fully saturated rings. The lowest BCUT2D eigenvalue weighted by Gasteiger charge is -2.24. The van der Waals surface area contributed by atoms with Crippen molar-refractivity contribution < 1.29 is 0 Å². The third-order valence-electron chi connectivity index (χ3n) is 4.88. The Bertz CT molecular complexity index is 566. The molecule has 5 nitrogen and oxygen atoms in total. The molecule has 0 aromatic carbocycles. The summed E-state index contributed by atoms with van der Waals surface area (Å²) in [6, 6.07) is 4.30. The number of rotatable bonds is 3. The van der Waals surface area contributed by atoms with Gasteiger partial charge in [-0.2, -0.15) is 0 Å². The van der Waals surface area contributed by atoms with Crippen molar-refractivity contribution in [3.63, 3.8) is 0 Å². The summed E-state index contributed by atoms with van der Waals surface area (Å²) in [7, 11) is 1.87. The van der Waals surface area contributed by atoms with Gasteiger partial charge in [0, 0.05) is 46.0 Å². The first-order valence-electron chi connectivity index (χ1n) is 8.73. The van der Waals surface area contributed by atoms with Crippen LogP contribution in [0.1, 0.15) is 38.7 Å². The van der Waals surface area contributed by atoms with Gasteiger partial charge in [-0.1, -0.05) is 13.8 Å². The van der Waals surface area contributed by atoms with Crippen LogP contribution in [0.5, 0.6) is 0 Å². The second-order valence-corrected chi connectivity index (χ2v) is 7.45. The van der Waals surface area contributed by atoms with Gasteiger partial charge >= 0.3 is 0 Å². The lowest BCUT2D eigenvalue weighted by atomic mass is 9.93. The van der Waals surface area contributed by atoms with E-state index in [1.54, 1.807) is 0 Å². The van der Waals surface area contributed by atoms with Crippen molar-refractivity contribution in [3.8, 4) is 0 Å². The van der Waals surface area contributed by atoms with Crippen LogP contribution in [0.3, 0.4) is 0 Å². The van der Waals surface area contributed by atoms with Crippen molar-refractivity contribution in [1.82, 2.24) is 15.2 Å². The second kappa shape index (κ2) is 8.36. The van der Waals surface area contributed by atoms with Crippen molar-refractivity contribution in [2.24, 2.45) is 10.4 Å². The molecule has 0 unspecified atom stereocenters. The summed E-state index contributed by atoms with van der Waals surface area (Å²) in [6.45, 7) is 9.87. The maximum absolute atomic E-state index is 4.52. The van der Waals surface area contributed by atoms with Crippen LogP contribution < -0.4 is 10.2 Å². The van der Waals surface area contributed by atoms with E-state index in [1.165, 1.54) is 24.8 Å². The Morgan fingerprint density at radius 3 is 2.67 bits per heavy atom. The van der Waals surface area contributed by atoms with Gasteiger partial charge in [0.1, 0.15) is 5.82 Å². The molecule has 1 aromatic heterocycles. The summed E-state index contributed by atoms with van der Waals surface area (Å²) >= 11 is 0. The van der Waals surface area contributed by atoms with Crippen molar-refractivity contribution in [2.75, 3.05) is 38.1 Å². The summed E-state index contributed by atoms with van der Waals surface area (Å²) < 4.78 is 0. The fourth-order valence-corrected chi connectivity index (χ4v) is 3.50. The van der Waals surface area contributed by atoms with E-state index >= 15 is 0 Å². The van der Waals surface area contributed by atoms with E-state index in [0.29, 0.717) is 5.41 Å². The normalized spacial score (nSPS) is 20.2. The molecular formula is C18H30IN5. The molecule has 3 rings (SSSR count). The number of nitrogens with zero attached hydrogens (tertiary/aromatic N) is 4. The molecule has 0 atom stereocenters. The Balaban J connectivity index is 0.00000208. The fraction of sp³-hybridized carbons (Fsp3) is 0.667. The van der Waals surface area contributed by atoms with Gasteiger partial charge in [-0.15, -0.1) is 24.0 Å². The summed E-state index contributed by atoms with van der Waals surface area (Å²) in [5.41, 5.74) is 1.65. The van der Waals surface area contributed by atoms with E-state index in [4.69, 9.17) is 0 Å². The number of likely N-dealkylation sites (tertiary alicyclic amines) is 1. The highest BCUT2D eigenvalue weighted by Crippen LogP contribution is 2.28. The van der Waals surface area contributed by atoms with Crippen LogP contribution in [0.4, 0.5) is 5.82 Å². The molecule has 0 saturated carbocycles. The number of aromatic nitrogens is 1. The Morgan fingerprint density at radius 1 is 1.29 bits per heavy atom. The molecule has 2 aliphatic rings. The average Bonchev–Trinajstić information content (AvgIpc) is 3.18. The predicted molar refractivity (Wildman–Crippen MR) is 111 cm³/mol. The summed E-state index contributed by atoms with van der Waals surface area (Å²) in [5.74, 6) is 2.12. The quantitative estimate of drug-likeness (QED) is 0.443. The van der Waals surface area contributed by atoms with Crippen LogP contribution in [0.25, 0.3) is 0 Å². The first kappa shape index (κ1) is 19.3. The predicted octanol–water partition coefficient (Wildman–Crippen LogP) is 3.11. The van der Waals surface area contributed by atoms with Gasteiger partial charge in [0.15, 0.2) is 5.96 Å². The monoisotopic (exact) mass is 443 g/mol. The number of anilines is 1. The molecule has 24 heavy (non-hydrogen) atoms. The summed E-state index contributed by atoms with van der Waals surface area (Å²) in [5, 5.41) is 3.51. The van der Waals surface area contributed by atoms with E-state index in [-0.39, 0.29) is 24.0 Å². The minimum absolute atomic E-state index is 0. The van der Waals surface area contributed by atoms with Gasteiger partial charge in [0.25, 0.3) is 0 Å². The number of pyridine rings is 1. The minimum atomic E-state index is 0. The van der Waals surface area contributed by atoms with E-state index < -0.39 is 0 Å². The topological polar surface area (TPSA) is 43.8 Å². The number of guanidine groups is 1. The maximum atomic E-state index is 4.52. The second-order valence-electron chi connectivity index (χ2n) is 7.45. The van der Waals surface area contributed by atoms with Gasteiger partial charge in [-0.25, -0.2) is 4.98 Å². The van der Waals surface area contributed by atoms with Crippen LogP contribution in [0.15, 0.2) is 23.3 Å². The number of halogens is 1. The minimum Gasteiger partial charge on any atom is -0.357 e. The standard InChI is InChI=1S/C18H29N5.HI/c1-18(2)7-11-23(14-18)17(19-3)21-13-15-6-8-20-16(12-15)22-9-4-5-10-22;/h6,8,12H,4-5,7,9-11,13-14H2,1-3H3,(H,19,21);1H. The van der Waals surface area contributed by atoms with Gasteiger partial charge in [-0.05, 0) is 42.4 Å². The SMILES string of the molecule is CN=C(NCc1ccnc(N2CCCC2)c1)N1CCC(C)(C)C1.I. The fourth-order valence-electron chi connectivity index (χ4n) is 3.50. The Morgan fingerprint density at radius 2 is 2.04 bits per heavy atom. The number of nitrogens with one attached hydrogen (secondary N) is 1. The zero-order valence-corrected chi connectivity index (χ0v) is 17.4. The first-order valence-corrected chi connectivity index (χ1v) is 8.73. The van der Waals surface area contributed by atoms with Crippen LogP contribution in [0, 0.1) is 5.41 Å². The largest absolute Gasteiger partial charge is 0.357 e. The number of hydrogen-bond donors (Lipinski definition) is 1. The molecule has 2 aliphatic heterocycles. The maximum Gasteiger partial charge on any atom is 0.193 e. The van der Waals surface area contributed by atoms with Crippen LogP contribution >= 0.6 is 24.0 Å². The molecule has 0 radical (unpaired) electrons. The molecule has 134 valence electrons. The van der Waals surface area contributed by atoms with Crippen molar-refractivity contribution >= 4 is 35.8 Å². The highest BCUT2D eigenvalue weighted by atomic mass is 127. The van der Waals surface area contributed by atoms with Crippen LogP contribution in [-0.4, -0.2) is 49.1 Å². The third-order valence-corrected chi connectivity index (χ3v) is 4.88. The highest BCUT2D eigenvalue weighted by molar-refractivity contribution is 14.0. The van der Waals surface area contributed by atoms with Crippen molar-refractivity contribution in [3.05, 3.63) is 23.9 Å². The zero-order chi connectivity index (χ0) is 16.3. The molecule has 0 amide bonds. The molecule has 0 aliphatic carbocycles. The van der Waals surface area contributed by atoms with Gasteiger partial charge in [0.05, 0.1) is 0 Å². The van der Waals surface area contributed by atoms with E-state index in [1.807, 2.05) is 13.2 Å². The molecule has 0 bridgehead atoms. The van der Waals surface area contributed by atoms with Gasteiger partial charge in [0.2, 0.25) is 0 Å². The number of hydrogen-bond acceptors (Lipinski definition) is 3. The molecular weight excluding hydrogens is 413 g/mol. The Hall–Kier alpha value is -1.05. The lowest BCUT2D eigenvalue weighted by molar-refractivity contribution is 0.370. The van der Waals surface area contributed by atoms with Crippen molar-refractivity contribution in [1.29, 1.82) is 0 Å². The summed E-state index contributed by atoms with van der Waals surface area (Å²) in [6.07, 6.45) is 5.71. The highest BCUT2D eigenvalue weighted by Gasteiger charge is 2.30. The Labute approximate surface area is 162 Å². The Kier molecular flexibility index (Phi) is 6.71. The molecule has 0 spiro atoms. The average molecular weight is 443 g/mol. The van der Waals surface area contributed by atoms with Crippen LogP contribution in [0.2, 0.25) is 0 Å². The van der Waals surface area contributed by atoms with Crippen LogP contribution in [-0.2, 0) is 6.54 Å². The van der Waals surface area contributed by atoms with E-state index in [9.17, 15) is 0 Å². The van der Waals surface area contributed by atoms with Crippen molar-refractivity contribution in [2.45, 2.75) is 39.7 Å². The zero-order valence-electron chi connectivity index (χ0n) is 15.1. The van der Waals surface area contributed by atoms with E-state index in [2.05, 4.69) is 51.1 Å². The molecule has 3 heterocycles. The summed E-state index contributed by atoms with van der Waals surface area (Å²) in [4.78, 5) is 13.7. The van der Waals surface area contributed by atoms with E-state index in [0.717, 1.165) is 44.5 Å². The molecule has 1 N–H and O–H groups in total. The molecule has 2 saturated heterocycles. The first-order chi connectivity index (χ1) is 11.1. The third kappa shape index (κ3) is 4.74. The molecule has 1 aromatic rings. The molecule has 6 heteroatoms. The van der Waals surface area contributed by atoms with Gasteiger partial charge in [-0.3, -0.25) is 4.99 Å². The van der Waals surface area contributed by atoms with Gasteiger partial charge < -0.3 is 15.1 Å².